The summed E-state index contributed by atoms with van der Waals surface area (Å²) in [6.45, 7) is 8.31. The van der Waals surface area contributed by atoms with Crippen molar-refractivity contribution in [3.05, 3.63) is 285 Å². The Morgan fingerprint density at radius 1 is 0.495 bits per heavy atom. The van der Waals surface area contributed by atoms with E-state index in [0.717, 1.165) is 49.2 Å². The maximum absolute atomic E-state index is 10.5. The van der Waals surface area contributed by atoms with Crippen molar-refractivity contribution in [2.45, 2.75) is 132 Å². The van der Waals surface area contributed by atoms with Crippen LogP contribution in [0, 0.1) is 0 Å². The molecular weight excluding hydrogens is 1630 g/mol. The molecule has 3 aliphatic rings. The van der Waals surface area contributed by atoms with Gasteiger partial charge in [-0.2, -0.15) is 49.7 Å². The van der Waals surface area contributed by atoms with Crippen molar-refractivity contribution < 1.29 is 58.0 Å². The Bertz CT molecular complexity index is 4910. The molecule has 1 radical (unpaired) electrons. The van der Waals surface area contributed by atoms with E-state index in [4.69, 9.17) is 94.2 Å². The SMILES string of the molecule is C[C@@]1(O)[C@H](O)[C@@H](CO)O[C@H]1c1cc(Br)c2c(N)ncnn12.C[C@@]1(OCc2ccccc2)[C@H](OCc2ccccc2)[C@@H](COCc2ccccc2)O[C@H]1c1cc(Br)c2c(N)ncnn12.C[C@@]1(OCc2ccccc2)[C@H](OCc2ccccc2)[C@@H](COCc2ccccc2)O[C@H]1c1ccc2c(N)ncnn12.ClB(Cl)Cl.[B]=NS. The molecule has 33 heteroatoms. The number of hydrogen-bond donors (Lipinski definition) is 7. The summed E-state index contributed by atoms with van der Waals surface area (Å²) < 4.78 is 67.8. The molecule has 9 heterocycles. The molecule has 12 aromatic rings. The molecule has 111 heavy (non-hydrogen) atoms. The van der Waals surface area contributed by atoms with Gasteiger partial charge in [-0.3, -0.25) is 0 Å². The number of aromatic nitrogens is 9. The molecule has 0 aliphatic carbocycles. The summed E-state index contributed by atoms with van der Waals surface area (Å²) in [5.41, 5.74) is 25.3. The molecular formula is C78H83B2Br2Cl3N13O12S. The molecule has 15 rings (SSSR count). The first-order valence-corrected chi connectivity index (χ1v) is 38.4. The van der Waals surface area contributed by atoms with Crippen molar-refractivity contribution in [1.29, 1.82) is 0 Å². The van der Waals surface area contributed by atoms with Gasteiger partial charge < -0.3 is 75.2 Å². The number of rotatable bonds is 24. The maximum atomic E-state index is 10.5. The number of fused-ring (bicyclic) bond motifs is 3. The molecule has 3 aliphatic heterocycles. The number of nitrogens with zero attached hydrogens (tertiary/aromatic N) is 10. The Hall–Kier alpha value is -7.79. The van der Waals surface area contributed by atoms with Gasteiger partial charge in [0.05, 0.1) is 76.5 Å². The summed E-state index contributed by atoms with van der Waals surface area (Å²) in [6, 6.07) is 68.2. The minimum absolute atomic E-state index is 0.278. The van der Waals surface area contributed by atoms with E-state index in [9.17, 15) is 15.3 Å². The number of benzene rings is 6. The van der Waals surface area contributed by atoms with E-state index in [2.05, 4.69) is 118 Å². The monoisotopic (exact) mass is 1710 g/mol. The number of thiol groups is 1. The van der Waals surface area contributed by atoms with E-state index in [1.54, 1.807) is 15.1 Å². The van der Waals surface area contributed by atoms with Gasteiger partial charge in [-0.1, -0.05) is 182 Å². The first-order chi connectivity index (χ1) is 53.7. The fourth-order valence-corrected chi connectivity index (χ4v) is 14.8. The van der Waals surface area contributed by atoms with Gasteiger partial charge in [-0.15, -0.1) is 0 Å². The molecule has 6 aromatic carbocycles. The number of hydrogen-bond acceptors (Lipinski definition) is 23. The molecule has 0 spiro atoms. The van der Waals surface area contributed by atoms with Crippen LogP contribution in [0.4, 0.5) is 17.5 Å². The second-order valence-corrected chi connectivity index (χ2v) is 30.5. The first kappa shape index (κ1) is 84.1. The normalized spacial score (nSPS) is 23.2. The first-order valence-electron chi connectivity index (χ1n) is 35.1. The van der Waals surface area contributed by atoms with Gasteiger partial charge in [0.15, 0.2) is 17.5 Å². The molecule has 0 unspecified atom stereocenters. The number of nitrogen functional groups attached to an aromatic ring is 3. The second kappa shape index (κ2) is 39.8. The van der Waals surface area contributed by atoms with Gasteiger partial charge in [0.1, 0.15) is 107 Å². The fraction of sp³-hybridized carbons (Fsp3) is 0.308. The van der Waals surface area contributed by atoms with E-state index >= 15 is 0 Å². The van der Waals surface area contributed by atoms with Crippen LogP contribution in [0.5, 0.6) is 0 Å². The second-order valence-electron chi connectivity index (χ2n) is 26.6. The van der Waals surface area contributed by atoms with Gasteiger partial charge in [0, 0.05) is 8.95 Å². The molecule has 0 bridgehead atoms. The van der Waals surface area contributed by atoms with E-state index in [1.165, 1.54) is 30.4 Å². The molecule has 9 N–H and O–H groups in total. The van der Waals surface area contributed by atoms with E-state index < -0.39 is 83.3 Å². The third-order valence-electron chi connectivity index (χ3n) is 19.0. The molecule has 3 saturated heterocycles. The molecule has 6 aromatic heterocycles. The van der Waals surface area contributed by atoms with Crippen LogP contribution in [-0.4, -0.2) is 145 Å². The zero-order chi connectivity index (χ0) is 78.7. The third-order valence-corrected chi connectivity index (χ3v) is 20.2. The predicted molar refractivity (Wildman–Crippen MR) is 436 cm³/mol. The van der Waals surface area contributed by atoms with Crippen LogP contribution in [0.2, 0.25) is 0 Å². The molecule has 12 atom stereocenters. The number of halogens is 5. The van der Waals surface area contributed by atoms with Crippen molar-refractivity contribution >= 4 is 126 Å². The van der Waals surface area contributed by atoms with Gasteiger partial charge in [-0.05, 0) is 110 Å². The van der Waals surface area contributed by atoms with Gasteiger partial charge in [0.2, 0.25) is 0 Å². The summed E-state index contributed by atoms with van der Waals surface area (Å²) in [5, 5.41) is 43.0. The topological polar surface area (TPSA) is 325 Å². The Morgan fingerprint density at radius 2 is 0.820 bits per heavy atom. The van der Waals surface area contributed by atoms with Crippen molar-refractivity contribution in [2.75, 3.05) is 37.0 Å². The predicted octanol–water partition coefficient (Wildman–Crippen LogP) is 13.3. The van der Waals surface area contributed by atoms with Gasteiger partial charge in [0.25, 0.3) is 0 Å². The summed E-state index contributed by atoms with van der Waals surface area (Å²) in [7, 11) is 4.34. The number of nitrogens with two attached hydrogens (primary N) is 3. The van der Waals surface area contributed by atoms with Gasteiger partial charge >= 0.3 is 29.7 Å². The molecule has 3 fully saturated rings. The Kier molecular flexibility index (Phi) is 30.2. The summed E-state index contributed by atoms with van der Waals surface area (Å²) in [6.07, 6.45) is -1.57. The van der Waals surface area contributed by atoms with Crippen LogP contribution in [0.15, 0.2) is 238 Å². The molecule has 25 nitrogen and oxygen atoms in total. The van der Waals surface area contributed by atoms with Crippen LogP contribution in [0.1, 0.15) is 89.5 Å². The Labute approximate surface area is 680 Å². The van der Waals surface area contributed by atoms with Crippen LogP contribution in [-0.2, 0) is 82.3 Å². The van der Waals surface area contributed by atoms with Crippen LogP contribution in [0.3, 0.4) is 0 Å². The van der Waals surface area contributed by atoms with Crippen molar-refractivity contribution in [1.82, 2.24) is 43.8 Å². The van der Waals surface area contributed by atoms with Crippen molar-refractivity contribution in [2.24, 2.45) is 4.30 Å². The number of ether oxygens (including phenoxy) is 9. The molecule has 0 amide bonds. The molecule has 579 valence electrons. The number of anilines is 3. The quantitative estimate of drug-likeness (QED) is 0.0218. The minimum atomic E-state index is -1.57. The van der Waals surface area contributed by atoms with E-state index in [0.29, 0.717) is 91.2 Å². The summed E-state index contributed by atoms with van der Waals surface area (Å²) in [4.78, 5) is 11.5. The number of aliphatic hydroxyl groups is 3. The standard InChI is InChI=1S/C33H33BrN4O4.C33H34N4O4.C12H15BrN4O4.BCl3.BHNS/c1-33(41-20-25-15-9-4-10-16-25)30(27-17-26(34)29-32(35)36-22-37-38(27)29)42-28(21-39-18-23-11-5-2-6-12-23)31(33)40-19-24-13-7-3-8-14-24;1-33(40-21-26-15-9-4-10-16-26)30(27-17-18-28-32(34)35-23-36-37(27)28)41-29(22-38-19-24-11-5-2-6-12-24)31(33)39-20-25-13-7-3-8-14-25;1-12(20)9(19)7(3-18)21-10(12)6-2-5(13)8-11(14)15-4-16-17(6)8;2-1(3)4;1-2-3/h2-17,22,28,30-31H,18-21H2,1H3,(H2,35,36,37);2-18,23,29-31H,19-22H2,1H3,(H2,34,35,36);2,4,7,9-10,18-20H,3H2,1H3,(H2,14,15,16);;3H/t28-,30+,31-,33+;29-,30+,31-,33+;7-,9-,10+,12-;;/m111../s1. The van der Waals surface area contributed by atoms with E-state index in [1.807, 2.05) is 183 Å². The van der Waals surface area contributed by atoms with Crippen molar-refractivity contribution in [3.63, 3.8) is 0 Å². The zero-order valence-electron chi connectivity index (χ0n) is 60.6. The van der Waals surface area contributed by atoms with Crippen molar-refractivity contribution in [3.8, 4) is 0 Å². The van der Waals surface area contributed by atoms with Crippen LogP contribution in [0.25, 0.3) is 16.6 Å². The molecule has 0 saturated carbocycles. The Balaban J connectivity index is 0.000000165. The summed E-state index contributed by atoms with van der Waals surface area (Å²) >= 11 is 24.6. The fourth-order valence-electron chi connectivity index (χ4n) is 13.6. The average Bonchev–Trinajstić information content (AvgIpc) is 1.61. The van der Waals surface area contributed by atoms with E-state index in [-0.39, 0.29) is 5.82 Å². The summed E-state index contributed by atoms with van der Waals surface area (Å²) in [5.74, 6) is 1.04. The average molecular weight is 1710 g/mol. The van der Waals surface area contributed by atoms with Crippen LogP contribution < -0.4 is 17.2 Å². The Morgan fingerprint density at radius 3 is 1.19 bits per heavy atom. The number of aliphatic hydroxyl groups excluding tert-OH is 2. The third kappa shape index (κ3) is 20.6. The zero-order valence-corrected chi connectivity index (χ0v) is 67.0. The van der Waals surface area contributed by atoms with Crippen LogP contribution >= 0.6 is 79.1 Å². The van der Waals surface area contributed by atoms with Gasteiger partial charge in [-0.25, -0.2) is 28.5 Å².